The second-order valence-electron chi connectivity index (χ2n) is 6.61. The van der Waals surface area contributed by atoms with E-state index in [9.17, 15) is 0 Å². The van der Waals surface area contributed by atoms with Crippen LogP contribution >= 0.6 is 0 Å². The third-order valence-electron chi connectivity index (χ3n) is 4.84. The zero-order valence-electron chi connectivity index (χ0n) is 12.5. The monoisotopic (exact) mass is 252 g/mol. The van der Waals surface area contributed by atoms with E-state index in [1.54, 1.807) is 0 Å². The van der Waals surface area contributed by atoms with Crippen molar-refractivity contribution in [2.45, 2.75) is 89.8 Å². The minimum Gasteiger partial charge on any atom is -0.311 e. The molecule has 1 aliphatic heterocycles. The Bertz CT molecular complexity index is 211. The van der Waals surface area contributed by atoms with Crippen molar-refractivity contribution in [3.05, 3.63) is 0 Å². The first kappa shape index (κ1) is 14.3. The standard InChI is InChI=1S/C16H32N2/c1-14(2)18-12-10-16(11-13-18)17-15-8-6-4-3-5-7-9-15/h14-17H,3-13H2,1-2H3. The summed E-state index contributed by atoms with van der Waals surface area (Å²) in [6.45, 7) is 7.23. The summed E-state index contributed by atoms with van der Waals surface area (Å²) >= 11 is 0. The van der Waals surface area contributed by atoms with Gasteiger partial charge in [0.25, 0.3) is 0 Å². The Balaban J connectivity index is 1.69. The van der Waals surface area contributed by atoms with Gasteiger partial charge in [-0.15, -0.1) is 0 Å². The lowest BCUT2D eigenvalue weighted by Gasteiger charge is -2.37. The van der Waals surface area contributed by atoms with Crippen LogP contribution in [0.3, 0.4) is 0 Å². The molecule has 0 atom stereocenters. The number of hydrogen-bond acceptors (Lipinski definition) is 2. The Hall–Kier alpha value is -0.0800. The first-order valence-electron chi connectivity index (χ1n) is 8.26. The summed E-state index contributed by atoms with van der Waals surface area (Å²) in [7, 11) is 0. The molecule has 2 heteroatoms. The zero-order valence-corrected chi connectivity index (χ0v) is 12.5. The maximum absolute atomic E-state index is 3.96. The van der Waals surface area contributed by atoms with E-state index in [2.05, 4.69) is 24.1 Å². The van der Waals surface area contributed by atoms with Gasteiger partial charge in [-0.2, -0.15) is 0 Å². The summed E-state index contributed by atoms with van der Waals surface area (Å²) in [5.41, 5.74) is 0. The van der Waals surface area contributed by atoms with Crippen molar-refractivity contribution in [3.63, 3.8) is 0 Å². The predicted octanol–water partition coefficient (Wildman–Crippen LogP) is 3.56. The maximum atomic E-state index is 3.96. The Morgan fingerprint density at radius 2 is 1.28 bits per heavy atom. The minimum atomic E-state index is 0.729. The highest BCUT2D eigenvalue weighted by Crippen LogP contribution is 2.20. The average Bonchev–Trinajstić information content (AvgIpc) is 2.33. The van der Waals surface area contributed by atoms with E-state index in [-0.39, 0.29) is 0 Å². The van der Waals surface area contributed by atoms with Gasteiger partial charge in [0, 0.05) is 18.1 Å². The fourth-order valence-corrected chi connectivity index (χ4v) is 3.54. The maximum Gasteiger partial charge on any atom is 0.00940 e. The molecule has 0 aromatic carbocycles. The van der Waals surface area contributed by atoms with Gasteiger partial charge in [-0.3, -0.25) is 0 Å². The van der Waals surface area contributed by atoms with E-state index in [4.69, 9.17) is 0 Å². The van der Waals surface area contributed by atoms with E-state index in [1.165, 1.54) is 70.9 Å². The van der Waals surface area contributed by atoms with Crippen LogP contribution in [-0.4, -0.2) is 36.1 Å². The number of nitrogens with zero attached hydrogens (tertiary/aromatic N) is 1. The summed E-state index contributed by atoms with van der Waals surface area (Å²) < 4.78 is 0. The van der Waals surface area contributed by atoms with E-state index in [0.29, 0.717) is 0 Å². The number of piperidine rings is 1. The predicted molar refractivity (Wildman–Crippen MR) is 79.0 cm³/mol. The Morgan fingerprint density at radius 1 is 0.778 bits per heavy atom. The number of nitrogens with one attached hydrogen (secondary N) is 1. The van der Waals surface area contributed by atoms with Gasteiger partial charge >= 0.3 is 0 Å². The highest BCUT2D eigenvalue weighted by molar-refractivity contribution is 4.82. The Morgan fingerprint density at radius 3 is 1.83 bits per heavy atom. The normalized spacial score (nSPS) is 26.2. The lowest BCUT2D eigenvalue weighted by molar-refractivity contribution is 0.153. The van der Waals surface area contributed by atoms with Gasteiger partial charge in [-0.05, 0) is 52.6 Å². The fraction of sp³-hybridized carbons (Fsp3) is 1.00. The first-order chi connectivity index (χ1) is 8.75. The van der Waals surface area contributed by atoms with Crippen LogP contribution in [0.1, 0.15) is 71.6 Å². The van der Waals surface area contributed by atoms with Crippen LogP contribution in [0.2, 0.25) is 0 Å². The van der Waals surface area contributed by atoms with E-state index < -0.39 is 0 Å². The van der Waals surface area contributed by atoms with Crippen molar-refractivity contribution in [2.75, 3.05) is 13.1 Å². The Kier molecular flexibility index (Phi) is 5.97. The quantitative estimate of drug-likeness (QED) is 0.826. The lowest BCUT2D eigenvalue weighted by Crippen LogP contribution is -2.48. The van der Waals surface area contributed by atoms with Crippen molar-refractivity contribution in [3.8, 4) is 0 Å². The summed E-state index contributed by atoms with van der Waals surface area (Å²) in [5.74, 6) is 0. The van der Waals surface area contributed by atoms with Gasteiger partial charge < -0.3 is 10.2 Å². The second kappa shape index (κ2) is 7.49. The number of hydrogen-bond donors (Lipinski definition) is 1. The van der Waals surface area contributed by atoms with E-state index in [1.807, 2.05) is 0 Å². The van der Waals surface area contributed by atoms with Crippen LogP contribution in [0.15, 0.2) is 0 Å². The zero-order chi connectivity index (χ0) is 12.8. The second-order valence-corrected chi connectivity index (χ2v) is 6.61. The van der Waals surface area contributed by atoms with Crippen LogP contribution < -0.4 is 5.32 Å². The van der Waals surface area contributed by atoms with Gasteiger partial charge in [0.05, 0.1) is 0 Å². The molecule has 18 heavy (non-hydrogen) atoms. The molecule has 0 bridgehead atoms. The van der Waals surface area contributed by atoms with Crippen molar-refractivity contribution in [2.24, 2.45) is 0 Å². The highest BCUT2D eigenvalue weighted by atomic mass is 15.2. The van der Waals surface area contributed by atoms with E-state index in [0.717, 1.165) is 18.1 Å². The SMILES string of the molecule is CC(C)N1CCC(NC2CCCCCCC2)CC1. The molecule has 1 saturated heterocycles. The molecule has 1 saturated carbocycles. The van der Waals surface area contributed by atoms with Crippen LogP contribution in [0, 0.1) is 0 Å². The highest BCUT2D eigenvalue weighted by Gasteiger charge is 2.22. The smallest absolute Gasteiger partial charge is 0.00940 e. The van der Waals surface area contributed by atoms with Gasteiger partial charge in [0.2, 0.25) is 0 Å². The summed E-state index contributed by atoms with van der Waals surface area (Å²) in [6.07, 6.45) is 12.8. The Labute approximate surface area is 114 Å². The summed E-state index contributed by atoms with van der Waals surface area (Å²) in [6, 6.07) is 2.35. The molecule has 1 N–H and O–H groups in total. The van der Waals surface area contributed by atoms with Gasteiger partial charge in [-0.1, -0.05) is 32.1 Å². The molecule has 106 valence electrons. The number of likely N-dealkylation sites (tertiary alicyclic amines) is 1. The molecule has 0 spiro atoms. The van der Waals surface area contributed by atoms with Crippen LogP contribution in [0.5, 0.6) is 0 Å². The molecule has 2 aliphatic rings. The molecule has 0 radical (unpaired) electrons. The van der Waals surface area contributed by atoms with Crippen molar-refractivity contribution < 1.29 is 0 Å². The van der Waals surface area contributed by atoms with Gasteiger partial charge in [-0.25, -0.2) is 0 Å². The molecule has 0 unspecified atom stereocenters. The number of rotatable bonds is 3. The molecule has 0 aromatic heterocycles. The summed E-state index contributed by atoms with van der Waals surface area (Å²) in [4.78, 5) is 2.62. The first-order valence-corrected chi connectivity index (χ1v) is 8.26. The molecular weight excluding hydrogens is 220 g/mol. The van der Waals surface area contributed by atoms with Crippen LogP contribution in [0.4, 0.5) is 0 Å². The molecule has 2 fully saturated rings. The fourth-order valence-electron chi connectivity index (χ4n) is 3.54. The minimum absolute atomic E-state index is 0.729. The largest absolute Gasteiger partial charge is 0.311 e. The average molecular weight is 252 g/mol. The van der Waals surface area contributed by atoms with E-state index >= 15 is 0 Å². The molecule has 2 nitrogen and oxygen atoms in total. The molecule has 0 amide bonds. The van der Waals surface area contributed by atoms with Crippen molar-refractivity contribution in [1.82, 2.24) is 10.2 Å². The summed E-state index contributed by atoms with van der Waals surface area (Å²) in [5, 5.41) is 3.96. The molecule has 1 heterocycles. The molecule has 2 rings (SSSR count). The molecule has 0 aromatic rings. The van der Waals surface area contributed by atoms with Crippen molar-refractivity contribution >= 4 is 0 Å². The van der Waals surface area contributed by atoms with Gasteiger partial charge in [0.15, 0.2) is 0 Å². The van der Waals surface area contributed by atoms with Crippen LogP contribution in [0.25, 0.3) is 0 Å². The third kappa shape index (κ3) is 4.55. The molecule has 1 aliphatic carbocycles. The lowest BCUT2D eigenvalue weighted by atomic mass is 9.94. The third-order valence-corrected chi connectivity index (χ3v) is 4.84. The topological polar surface area (TPSA) is 15.3 Å². The molecular formula is C16H32N2. The van der Waals surface area contributed by atoms with Gasteiger partial charge in [0.1, 0.15) is 0 Å². The van der Waals surface area contributed by atoms with Crippen LogP contribution in [-0.2, 0) is 0 Å². The van der Waals surface area contributed by atoms with Crippen molar-refractivity contribution in [1.29, 1.82) is 0 Å².